The van der Waals surface area contributed by atoms with Gasteiger partial charge in [-0.15, -0.1) is 0 Å². The van der Waals surface area contributed by atoms with Gasteiger partial charge in [-0.1, -0.05) is 30.4 Å². The third kappa shape index (κ3) is 5.04. The highest BCUT2D eigenvalue weighted by Crippen LogP contribution is 1.94. The van der Waals surface area contributed by atoms with Gasteiger partial charge in [0.05, 0.1) is 0 Å². The Morgan fingerprint density at radius 2 is 1.90 bits per heavy atom. The zero-order chi connectivity index (χ0) is 7.98. The van der Waals surface area contributed by atoms with Crippen molar-refractivity contribution in [3.8, 4) is 0 Å². The Hall–Kier alpha value is -1.11. The van der Waals surface area contributed by atoms with Gasteiger partial charge in [0.1, 0.15) is 0 Å². The van der Waals surface area contributed by atoms with Crippen LogP contribution < -0.4 is 0 Å². The van der Waals surface area contributed by atoms with Crippen LogP contribution in [0.1, 0.15) is 13.8 Å². The molecule has 0 aromatic rings. The minimum absolute atomic E-state index is 0.566. The summed E-state index contributed by atoms with van der Waals surface area (Å²) in [4.78, 5) is 0. The van der Waals surface area contributed by atoms with Crippen molar-refractivity contribution in [1.82, 2.24) is 0 Å². The SMILES string of the molecule is C=C/C=C(C)/C=C/C(C)=N. The molecule has 54 valence electrons. The maximum atomic E-state index is 7.08. The highest BCUT2D eigenvalue weighted by Gasteiger charge is 1.78. The second-order valence-electron chi connectivity index (χ2n) is 2.16. The molecule has 0 aromatic carbocycles. The molecule has 0 radical (unpaired) electrons. The van der Waals surface area contributed by atoms with Crippen LogP contribution in [0.2, 0.25) is 0 Å². The van der Waals surface area contributed by atoms with E-state index in [2.05, 4.69) is 6.58 Å². The number of rotatable bonds is 3. The average molecular weight is 135 g/mol. The molecule has 0 rings (SSSR count). The smallest absolute Gasteiger partial charge is 0.0283 e. The second kappa shape index (κ2) is 4.74. The first-order chi connectivity index (χ1) is 4.66. The van der Waals surface area contributed by atoms with Crippen LogP contribution in [-0.4, -0.2) is 5.71 Å². The standard InChI is InChI=1S/C9H13N/c1-4-5-8(2)6-7-9(3)10/h4-7,10H,1H2,2-3H3/b7-6+,8-5+,10-9?. The lowest BCUT2D eigenvalue weighted by Gasteiger charge is -1.86. The fourth-order valence-electron chi connectivity index (χ4n) is 0.498. The summed E-state index contributed by atoms with van der Waals surface area (Å²) in [7, 11) is 0. The molecule has 0 bridgehead atoms. The maximum absolute atomic E-state index is 7.08. The Kier molecular flexibility index (Phi) is 4.21. The van der Waals surface area contributed by atoms with Gasteiger partial charge in [-0.25, -0.2) is 0 Å². The molecule has 0 aliphatic rings. The van der Waals surface area contributed by atoms with Crippen molar-refractivity contribution in [2.75, 3.05) is 0 Å². The lowest BCUT2D eigenvalue weighted by atomic mass is 10.2. The molecule has 1 heteroatoms. The first-order valence-corrected chi connectivity index (χ1v) is 3.19. The van der Waals surface area contributed by atoms with Gasteiger partial charge in [-0.05, 0) is 19.9 Å². The molecule has 0 aliphatic carbocycles. The first kappa shape index (κ1) is 8.89. The van der Waals surface area contributed by atoms with Crippen LogP contribution in [-0.2, 0) is 0 Å². The summed E-state index contributed by atoms with van der Waals surface area (Å²) in [5.41, 5.74) is 1.68. The quantitative estimate of drug-likeness (QED) is 0.454. The number of hydrogen-bond donors (Lipinski definition) is 1. The van der Waals surface area contributed by atoms with E-state index in [1.54, 1.807) is 19.1 Å². The Morgan fingerprint density at radius 3 is 2.30 bits per heavy atom. The molecule has 0 atom stereocenters. The van der Waals surface area contributed by atoms with Crippen molar-refractivity contribution in [1.29, 1.82) is 5.41 Å². The molecule has 0 amide bonds. The Bertz CT molecular complexity index is 185. The minimum Gasteiger partial charge on any atom is -0.306 e. The Labute approximate surface area is 62.3 Å². The van der Waals surface area contributed by atoms with Crippen molar-refractivity contribution in [3.05, 3.63) is 36.5 Å². The van der Waals surface area contributed by atoms with Crippen molar-refractivity contribution < 1.29 is 0 Å². The molecule has 10 heavy (non-hydrogen) atoms. The predicted molar refractivity (Wildman–Crippen MR) is 46.5 cm³/mol. The summed E-state index contributed by atoms with van der Waals surface area (Å²) < 4.78 is 0. The molecule has 1 N–H and O–H groups in total. The first-order valence-electron chi connectivity index (χ1n) is 3.19. The topological polar surface area (TPSA) is 23.9 Å². The van der Waals surface area contributed by atoms with Crippen LogP contribution in [0.4, 0.5) is 0 Å². The average Bonchev–Trinajstić information content (AvgIpc) is 1.85. The van der Waals surface area contributed by atoms with Crippen LogP contribution in [0.25, 0.3) is 0 Å². The zero-order valence-electron chi connectivity index (χ0n) is 6.52. The summed E-state index contributed by atoms with van der Waals surface area (Å²) in [6.45, 7) is 7.28. The molecule has 0 unspecified atom stereocenters. The number of hydrogen-bond acceptors (Lipinski definition) is 1. The molecule has 0 heterocycles. The van der Waals surface area contributed by atoms with E-state index in [0.717, 1.165) is 5.57 Å². The van der Waals surface area contributed by atoms with E-state index in [1.165, 1.54) is 0 Å². The van der Waals surface area contributed by atoms with E-state index in [0.29, 0.717) is 5.71 Å². The summed E-state index contributed by atoms with van der Waals surface area (Å²) in [5, 5.41) is 7.08. The molecule has 0 aliphatic heterocycles. The summed E-state index contributed by atoms with van der Waals surface area (Å²) in [6.07, 6.45) is 7.29. The highest BCUT2D eigenvalue weighted by molar-refractivity contribution is 5.90. The van der Waals surface area contributed by atoms with Crippen LogP contribution in [0.15, 0.2) is 36.5 Å². The minimum atomic E-state index is 0.566. The van der Waals surface area contributed by atoms with Crippen molar-refractivity contribution >= 4 is 5.71 Å². The molecular weight excluding hydrogens is 122 g/mol. The zero-order valence-corrected chi connectivity index (χ0v) is 6.52. The van der Waals surface area contributed by atoms with Gasteiger partial charge in [-0.3, -0.25) is 0 Å². The van der Waals surface area contributed by atoms with E-state index in [4.69, 9.17) is 5.41 Å². The van der Waals surface area contributed by atoms with Gasteiger partial charge >= 0.3 is 0 Å². The summed E-state index contributed by atoms with van der Waals surface area (Å²) in [6, 6.07) is 0. The number of allylic oxidation sites excluding steroid dienone is 5. The summed E-state index contributed by atoms with van der Waals surface area (Å²) in [5.74, 6) is 0. The van der Waals surface area contributed by atoms with E-state index in [-0.39, 0.29) is 0 Å². The van der Waals surface area contributed by atoms with Gasteiger partial charge < -0.3 is 5.41 Å². The van der Waals surface area contributed by atoms with Crippen LogP contribution in [0.5, 0.6) is 0 Å². The molecular formula is C9H13N. The van der Waals surface area contributed by atoms with E-state index >= 15 is 0 Å². The maximum Gasteiger partial charge on any atom is 0.0283 e. The Morgan fingerprint density at radius 1 is 1.30 bits per heavy atom. The predicted octanol–water partition coefficient (Wildman–Crippen LogP) is 2.71. The fraction of sp³-hybridized carbons (Fsp3) is 0.222. The molecule has 1 nitrogen and oxygen atoms in total. The van der Waals surface area contributed by atoms with Gasteiger partial charge in [0, 0.05) is 5.71 Å². The van der Waals surface area contributed by atoms with Gasteiger partial charge in [0.2, 0.25) is 0 Å². The van der Waals surface area contributed by atoms with E-state index in [9.17, 15) is 0 Å². The molecule has 0 saturated carbocycles. The molecule has 0 saturated heterocycles. The molecule has 0 fully saturated rings. The van der Waals surface area contributed by atoms with Gasteiger partial charge in [0.15, 0.2) is 0 Å². The lowest BCUT2D eigenvalue weighted by Crippen LogP contribution is -1.77. The van der Waals surface area contributed by atoms with E-state index < -0.39 is 0 Å². The van der Waals surface area contributed by atoms with Crippen LogP contribution in [0, 0.1) is 5.41 Å². The molecule has 0 spiro atoms. The third-order valence-corrected chi connectivity index (χ3v) is 0.977. The van der Waals surface area contributed by atoms with Crippen molar-refractivity contribution in [3.63, 3.8) is 0 Å². The fourth-order valence-corrected chi connectivity index (χ4v) is 0.498. The largest absolute Gasteiger partial charge is 0.306 e. The third-order valence-electron chi connectivity index (χ3n) is 0.977. The Balaban J connectivity index is 4.01. The highest BCUT2D eigenvalue weighted by atomic mass is 14.4. The monoisotopic (exact) mass is 135 g/mol. The van der Waals surface area contributed by atoms with E-state index in [1.807, 2.05) is 19.1 Å². The lowest BCUT2D eigenvalue weighted by molar-refractivity contribution is 1.48. The second-order valence-corrected chi connectivity index (χ2v) is 2.16. The normalized spacial score (nSPS) is 12.0. The van der Waals surface area contributed by atoms with Crippen LogP contribution in [0.3, 0.4) is 0 Å². The van der Waals surface area contributed by atoms with Gasteiger partial charge in [-0.2, -0.15) is 0 Å². The van der Waals surface area contributed by atoms with Gasteiger partial charge in [0.25, 0.3) is 0 Å². The van der Waals surface area contributed by atoms with Crippen LogP contribution >= 0.6 is 0 Å². The summed E-state index contributed by atoms with van der Waals surface area (Å²) >= 11 is 0. The molecule has 0 aromatic heterocycles. The number of nitrogens with one attached hydrogen (secondary N) is 1. The van der Waals surface area contributed by atoms with Crippen molar-refractivity contribution in [2.45, 2.75) is 13.8 Å². The van der Waals surface area contributed by atoms with Crippen molar-refractivity contribution in [2.24, 2.45) is 0 Å².